The van der Waals surface area contributed by atoms with Crippen molar-refractivity contribution >= 4 is 33.9 Å². The van der Waals surface area contributed by atoms with Crippen molar-refractivity contribution in [3.05, 3.63) is 63.8 Å². The zero-order valence-corrected chi connectivity index (χ0v) is 16.9. The van der Waals surface area contributed by atoms with Crippen LogP contribution in [0.5, 0.6) is 0 Å². The van der Waals surface area contributed by atoms with E-state index in [4.69, 9.17) is 0 Å². The van der Waals surface area contributed by atoms with Crippen molar-refractivity contribution in [3.8, 4) is 11.4 Å². The lowest BCUT2D eigenvalue weighted by atomic mass is 9.96. The van der Waals surface area contributed by atoms with Crippen LogP contribution < -0.4 is 0 Å². The van der Waals surface area contributed by atoms with E-state index < -0.39 is 0 Å². The highest BCUT2D eigenvalue weighted by Gasteiger charge is 2.21. The van der Waals surface area contributed by atoms with Gasteiger partial charge in [-0.05, 0) is 47.6 Å². The van der Waals surface area contributed by atoms with Crippen LogP contribution in [0.1, 0.15) is 28.8 Å². The molecule has 2 aromatic heterocycles. The second-order valence-electron chi connectivity index (χ2n) is 7.05. The van der Waals surface area contributed by atoms with E-state index >= 15 is 0 Å². The first-order valence-electron chi connectivity index (χ1n) is 9.39. The predicted molar refractivity (Wildman–Crippen MR) is 114 cm³/mol. The van der Waals surface area contributed by atoms with Gasteiger partial charge in [-0.25, -0.2) is 0 Å². The van der Waals surface area contributed by atoms with Crippen LogP contribution in [0, 0.1) is 0 Å². The van der Waals surface area contributed by atoms with Crippen LogP contribution in [0.25, 0.3) is 22.2 Å². The third-order valence-corrected chi connectivity index (χ3v) is 7.53. The summed E-state index contributed by atoms with van der Waals surface area (Å²) in [6.07, 6.45) is 5.01. The van der Waals surface area contributed by atoms with E-state index in [1.54, 1.807) is 16.6 Å². The zero-order chi connectivity index (χ0) is 18.2. The maximum Gasteiger partial charge on any atom is 0.191 e. The van der Waals surface area contributed by atoms with Crippen LogP contribution in [0.2, 0.25) is 0 Å². The number of thiophene rings is 1. The normalized spacial score (nSPS) is 13.8. The maximum atomic E-state index is 4.54. The number of aromatic nitrogens is 3. The minimum absolute atomic E-state index is 0.898. The summed E-state index contributed by atoms with van der Waals surface area (Å²) in [5.41, 5.74) is 4.14. The van der Waals surface area contributed by atoms with Crippen LogP contribution >= 0.6 is 23.1 Å². The Kier molecular flexibility index (Phi) is 4.50. The molecule has 0 radical (unpaired) electrons. The minimum Gasteiger partial charge on any atom is -0.305 e. The minimum atomic E-state index is 0.898. The number of fused-ring (bicyclic) bond motifs is 2. The molecule has 5 rings (SSSR count). The van der Waals surface area contributed by atoms with Crippen molar-refractivity contribution in [2.45, 2.75) is 36.6 Å². The van der Waals surface area contributed by atoms with Crippen LogP contribution in [-0.2, 0) is 25.6 Å². The van der Waals surface area contributed by atoms with E-state index in [-0.39, 0.29) is 0 Å². The highest BCUT2D eigenvalue weighted by atomic mass is 32.2. The third-order valence-electron chi connectivity index (χ3n) is 5.37. The average molecular weight is 392 g/mol. The van der Waals surface area contributed by atoms with E-state index in [0.29, 0.717) is 0 Å². The van der Waals surface area contributed by atoms with E-state index in [9.17, 15) is 0 Å². The molecule has 136 valence electrons. The molecule has 0 atom stereocenters. The SMILES string of the molecule is Cn1c(SCc2cccc3ccccc23)nnc1-c1csc2c1CCCC2. The Morgan fingerprint density at radius 1 is 1.04 bits per heavy atom. The average Bonchev–Trinajstić information content (AvgIpc) is 3.29. The van der Waals surface area contributed by atoms with Gasteiger partial charge in [-0.2, -0.15) is 0 Å². The Bertz CT molecular complexity index is 1100. The summed E-state index contributed by atoms with van der Waals surface area (Å²) in [5, 5.41) is 14.9. The molecule has 27 heavy (non-hydrogen) atoms. The van der Waals surface area contributed by atoms with Crippen molar-refractivity contribution in [2.24, 2.45) is 7.05 Å². The van der Waals surface area contributed by atoms with Crippen LogP contribution in [0.15, 0.2) is 53.0 Å². The number of hydrogen-bond acceptors (Lipinski definition) is 4. The second-order valence-corrected chi connectivity index (χ2v) is 8.96. The maximum absolute atomic E-state index is 4.54. The summed E-state index contributed by atoms with van der Waals surface area (Å²) in [6, 6.07) is 15.1. The molecule has 0 bridgehead atoms. The first-order chi connectivity index (χ1) is 13.3. The van der Waals surface area contributed by atoms with Crippen molar-refractivity contribution in [1.82, 2.24) is 14.8 Å². The van der Waals surface area contributed by atoms with Gasteiger partial charge in [-0.1, -0.05) is 54.2 Å². The molecule has 0 aliphatic heterocycles. The number of aryl methyl sites for hydroxylation is 1. The predicted octanol–water partition coefficient (Wildman–Crippen LogP) is 5.87. The summed E-state index contributed by atoms with van der Waals surface area (Å²) < 4.78 is 2.16. The Balaban J connectivity index is 1.42. The lowest BCUT2D eigenvalue weighted by Gasteiger charge is -2.12. The van der Waals surface area contributed by atoms with Gasteiger partial charge >= 0.3 is 0 Å². The van der Waals surface area contributed by atoms with Gasteiger partial charge in [0.15, 0.2) is 11.0 Å². The molecule has 1 aliphatic rings. The molecule has 5 heteroatoms. The Hall–Kier alpha value is -2.11. The van der Waals surface area contributed by atoms with Gasteiger partial charge in [0, 0.05) is 28.6 Å². The molecular formula is C22H21N3S2. The van der Waals surface area contributed by atoms with E-state index in [0.717, 1.165) is 16.7 Å². The van der Waals surface area contributed by atoms with E-state index in [1.165, 1.54) is 53.1 Å². The fourth-order valence-electron chi connectivity index (χ4n) is 3.92. The molecule has 2 heterocycles. The molecule has 0 spiro atoms. The Morgan fingerprint density at radius 2 is 1.89 bits per heavy atom. The van der Waals surface area contributed by atoms with E-state index in [1.807, 2.05) is 11.3 Å². The van der Waals surface area contributed by atoms with Gasteiger partial charge in [0.25, 0.3) is 0 Å². The standard InChI is InChI=1S/C22H21N3S2/c1-25-21(19-14-26-20-12-5-4-11-18(19)20)23-24-22(25)27-13-16-9-6-8-15-7-2-3-10-17(15)16/h2-3,6-10,14H,4-5,11-13H2,1H3. The first-order valence-corrected chi connectivity index (χ1v) is 11.3. The largest absolute Gasteiger partial charge is 0.305 e. The number of thioether (sulfide) groups is 1. The number of rotatable bonds is 4. The molecule has 0 saturated heterocycles. The van der Waals surface area contributed by atoms with Gasteiger partial charge in [0.05, 0.1) is 0 Å². The monoisotopic (exact) mass is 391 g/mol. The summed E-state index contributed by atoms with van der Waals surface area (Å²) in [7, 11) is 2.09. The fraction of sp³-hybridized carbons (Fsp3) is 0.273. The van der Waals surface area contributed by atoms with Gasteiger partial charge in [-0.3, -0.25) is 0 Å². The van der Waals surface area contributed by atoms with Crippen molar-refractivity contribution in [3.63, 3.8) is 0 Å². The molecule has 0 unspecified atom stereocenters. The lowest BCUT2D eigenvalue weighted by molar-refractivity contribution is 0.696. The zero-order valence-electron chi connectivity index (χ0n) is 15.3. The van der Waals surface area contributed by atoms with E-state index in [2.05, 4.69) is 69.7 Å². The summed E-state index contributed by atoms with van der Waals surface area (Å²) in [5.74, 6) is 1.91. The molecule has 0 N–H and O–H groups in total. The molecule has 3 nitrogen and oxygen atoms in total. The molecule has 0 amide bonds. The highest BCUT2D eigenvalue weighted by molar-refractivity contribution is 7.98. The quantitative estimate of drug-likeness (QED) is 0.408. The number of hydrogen-bond donors (Lipinski definition) is 0. The van der Waals surface area contributed by atoms with Crippen LogP contribution in [0.4, 0.5) is 0 Å². The topological polar surface area (TPSA) is 30.7 Å². The second kappa shape index (κ2) is 7.13. The summed E-state index contributed by atoms with van der Waals surface area (Å²) in [4.78, 5) is 1.55. The van der Waals surface area contributed by atoms with Gasteiger partial charge < -0.3 is 4.57 Å². The Labute approximate surface area is 167 Å². The molecule has 0 saturated carbocycles. The molecule has 0 fully saturated rings. The van der Waals surface area contributed by atoms with Crippen LogP contribution in [-0.4, -0.2) is 14.8 Å². The Morgan fingerprint density at radius 3 is 2.85 bits per heavy atom. The third kappa shape index (κ3) is 3.09. The van der Waals surface area contributed by atoms with Crippen molar-refractivity contribution in [2.75, 3.05) is 0 Å². The number of benzene rings is 2. The van der Waals surface area contributed by atoms with Gasteiger partial charge in [0.2, 0.25) is 0 Å². The van der Waals surface area contributed by atoms with Crippen LogP contribution in [0.3, 0.4) is 0 Å². The lowest BCUT2D eigenvalue weighted by Crippen LogP contribution is -2.02. The molecular weight excluding hydrogens is 370 g/mol. The van der Waals surface area contributed by atoms with Gasteiger partial charge in [0.1, 0.15) is 0 Å². The molecule has 4 aromatic rings. The summed E-state index contributed by atoms with van der Waals surface area (Å²) in [6.45, 7) is 0. The van der Waals surface area contributed by atoms with Crippen molar-refractivity contribution in [1.29, 1.82) is 0 Å². The smallest absolute Gasteiger partial charge is 0.191 e. The molecule has 1 aliphatic carbocycles. The number of nitrogens with zero attached hydrogens (tertiary/aromatic N) is 3. The van der Waals surface area contributed by atoms with Gasteiger partial charge in [-0.15, -0.1) is 21.5 Å². The molecule has 2 aromatic carbocycles. The first kappa shape index (κ1) is 17.0. The highest BCUT2D eigenvalue weighted by Crippen LogP contribution is 2.36. The summed E-state index contributed by atoms with van der Waals surface area (Å²) >= 11 is 3.65. The fourth-order valence-corrected chi connectivity index (χ4v) is 5.96. The van der Waals surface area contributed by atoms with Crippen molar-refractivity contribution < 1.29 is 0 Å².